The highest BCUT2D eigenvalue weighted by Gasteiger charge is 2.08. The molecule has 3 rings (SSSR count). The van der Waals surface area contributed by atoms with Crippen LogP contribution >= 0.6 is 11.8 Å². The lowest BCUT2D eigenvalue weighted by Gasteiger charge is -2.07. The summed E-state index contributed by atoms with van der Waals surface area (Å²) in [4.78, 5) is 16.4. The molecule has 0 radical (unpaired) electrons. The van der Waals surface area contributed by atoms with Crippen LogP contribution in [0, 0.1) is 13.8 Å². The van der Waals surface area contributed by atoms with Crippen molar-refractivity contribution in [2.24, 2.45) is 0 Å². The SMILES string of the molecule is Cc1ccc(NC(=O)CCSc2nc3ccccc3o2)cc1C. The van der Waals surface area contributed by atoms with Crippen molar-refractivity contribution in [1.82, 2.24) is 4.98 Å². The van der Waals surface area contributed by atoms with Crippen LogP contribution in [0.4, 0.5) is 5.69 Å². The largest absolute Gasteiger partial charge is 0.431 e. The fraction of sp³-hybridized carbons (Fsp3) is 0.222. The zero-order valence-corrected chi connectivity index (χ0v) is 13.9. The van der Waals surface area contributed by atoms with E-state index in [1.165, 1.54) is 22.9 Å². The maximum atomic E-state index is 12.0. The summed E-state index contributed by atoms with van der Waals surface area (Å²) in [7, 11) is 0. The van der Waals surface area contributed by atoms with Crippen LogP contribution in [-0.4, -0.2) is 16.6 Å². The van der Waals surface area contributed by atoms with E-state index in [0.717, 1.165) is 16.8 Å². The van der Waals surface area contributed by atoms with Gasteiger partial charge in [0.15, 0.2) is 5.58 Å². The van der Waals surface area contributed by atoms with Gasteiger partial charge in [-0.25, -0.2) is 4.98 Å². The third-order valence-electron chi connectivity index (χ3n) is 3.62. The number of nitrogens with zero attached hydrogens (tertiary/aromatic N) is 1. The van der Waals surface area contributed by atoms with Gasteiger partial charge in [0.2, 0.25) is 5.91 Å². The highest BCUT2D eigenvalue weighted by Crippen LogP contribution is 2.23. The molecule has 3 aromatic rings. The molecule has 0 fully saturated rings. The molecule has 4 nitrogen and oxygen atoms in total. The van der Waals surface area contributed by atoms with Crippen molar-refractivity contribution in [3.8, 4) is 0 Å². The molecule has 1 N–H and O–H groups in total. The number of para-hydroxylation sites is 2. The molecule has 1 aromatic heterocycles. The lowest BCUT2D eigenvalue weighted by atomic mass is 10.1. The minimum absolute atomic E-state index is 0.00290. The lowest BCUT2D eigenvalue weighted by molar-refractivity contribution is -0.115. The van der Waals surface area contributed by atoms with E-state index in [0.29, 0.717) is 17.4 Å². The van der Waals surface area contributed by atoms with Gasteiger partial charge in [-0.15, -0.1) is 0 Å². The van der Waals surface area contributed by atoms with Crippen LogP contribution in [0.5, 0.6) is 0 Å². The summed E-state index contributed by atoms with van der Waals surface area (Å²) in [6, 6.07) is 13.6. The average molecular weight is 326 g/mol. The molecule has 0 bridgehead atoms. The Hall–Kier alpha value is -2.27. The summed E-state index contributed by atoms with van der Waals surface area (Å²) in [5.74, 6) is 0.626. The monoisotopic (exact) mass is 326 g/mol. The predicted octanol–water partition coefficient (Wildman–Crippen LogP) is 4.57. The van der Waals surface area contributed by atoms with Crippen molar-refractivity contribution < 1.29 is 9.21 Å². The Morgan fingerprint density at radius 1 is 1.17 bits per heavy atom. The molecule has 118 valence electrons. The Morgan fingerprint density at radius 2 is 2.00 bits per heavy atom. The molecule has 0 aliphatic heterocycles. The summed E-state index contributed by atoms with van der Waals surface area (Å²) in [6.07, 6.45) is 0.413. The average Bonchev–Trinajstić information content (AvgIpc) is 2.93. The third kappa shape index (κ3) is 3.93. The number of anilines is 1. The Labute approximate surface area is 139 Å². The first-order valence-corrected chi connectivity index (χ1v) is 8.46. The van der Waals surface area contributed by atoms with Gasteiger partial charge >= 0.3 is 0 Å². The van der Waals surface area contributed by atoms with Gasteiger partial charge in [-0.3, -0.25) is 4.79 Å². The molecule has 2 aromatic carbocycles. The number of hydrogen-bond donors (Lipinski definition) is 1. The number of oxazole rings is 1. The number of carbonyl (C=O) groups is 1. The van der Waals surface area contributed by atoms with Gasteiger partial charge in [0.1, 0.15) is 5.52 Å². The van der Waals surface area contributed by atoms with Gasteiger partial charge in [-0.05, 0) is 49.2 Å². The number of hydrogen-bond acceptors (Lipinski definition) is 4. The number of benzene rings is 2. The first-order chi connectivity index (χ1) is 11.1. The maximum absolute atomic E-state index is 12.0. The molecule has 0 saturated carbocycles. The summed E-state index contributed by atoms with van der Waals surface area (Å²) in [6.45, 7) is 4.09. The second-order valence-corrected chi connectivity index (χ2v) is 6.44. The zero-order chi connectivity index (χ0) is 16.2. The van der Waals surface area contributed by atoms with Crippen LogP contribution in [-0.2, 0) is 4.79 Å². The number of fused-ring (bicyclic) bond motifs is 1. The van der Waals surface area contributed by atoms with Gasteiger partial charge in [0.05, 0.1) is 0 Å². The molecular formula is C18H18N2O2S. The van der Waals surface area contributed by atoms with Gasteiger partial charge < -0.3 is 9.73 Å². The Balaban J connectivity index is 1.51. The predicted molar refractivity (Wildman–Crippen MR) is 93.9 cm³/mol. The fourth-order valence-electron chi connectivity index (χ4n) is 2.19. The third-order valence-corrected chi connectivity index (χ3v) is 4.45. The Bertz CT molecular complexity index is 809. The van der Waals surface area contributed by atoms with E-state index in [9.17, 15) is 4.79 Å². The molecule has 0 atom stereocenters. The van der Waals surface area contributed by atoms with Crippen molar-refractivity contribution in [3.05, 3.63) is 53.6 Å². The summed E-state index contributed by atoms with van der Waals surface area (Å²) >= 11 is 1.45. The highest BCUT2D eigenvalue weighted by atomic mass is 32.2. The first-order valence-electron chi connectivity index (χ1n) is 7.47. The Kier molecular flexibility index (Phi) is 4.67. The number of aromatic nitrogens is 1. The molecule has 1 heterocycles. The van der Waals surface area contributed by atoms with E-state index in [1.807, 2.05) is 49.4 Å². The summed E-state index contributed by atoms with van der Waals surface area (Å²) < 4.78 is 5.62. The van der Waals surface area contributed by atoms with Crippen molar-refractivity contribution in [2.75, 3.05) is 11.1 Å². The lowest BCUT2D eigenvalue weighted by Crippen LogP contribution is -2.12. The van der Waals surface area contributed by atoms with E-state index in [-0.39, 0.29) is 5.91 Å². The van der Waals surface area contributed by atoms with E-state index >= 15 is 0 Å². The van der Waals surface area contributed by atoms with Crippen molar-refractivity contribution in [2.45, 2.75) is 25.5 Å². The molecule has 0 unspecified atom stereocenters. The van der Waals surface area contributed by atoms with Crippen molar-refractivity contribution in [1.29, 1.82) is 0 Å². The Morgan fingerprint density at radius 3 is 2.78 bits per heavy atom. The molecule has 0 aliphatic rings. The first kappa shape index (κ1) is 15.6. The van der Waals surface area contributed by atoms with Gasteiger partial charge in [0.25, 0.3) is 5.22 Å². The molecule has 1 amide bonds. The van der Waals surface area contributed by atoms with E-state index in [2.05, 4.69) is 17.2 Å². The highest BCUT2D eigenvalue weighted by molar-refractivity contribution is 7.99. The number of aryl methyl sites for hydroxylation is 2. The van der Waals surface area contributed by atoms with Gasteiger partial charge in [-0.1, -0.05) is 30.0 Å². The number of nitrogens with one attached hydrogen (secondary N) is 1. The van der Waals surface area contributed by atoms with Crippen LogP contribution in [0.2, 0.25) is 0 Å². The second kappa shape index (κ2) is 6.87. The number of carbonyl (C=O) groups excluding carboxylic acids is 1. The molecule has 0 saturated heterocycles. The summed E-state index contributed by atoms with van der Waals surface area (Å²) in [5.41, 5.74) is 4.84. The van der Waals surface area contributed by atoms with Crippen LogP contribution in [0.3, 0.4) is 0 Å². The molecule has 0 aliphatic carbocycles. The van der Waals surface area contributed by atoms with Crippen LogP contribution < -0.4 is 5.32 Å². The van der Waals surface area contributed by atoms with Crippen LogP contribution in [0.15, 0.2) is 52.1 Å². The smallest absolute Gasteiger partial charge is 0.256 e. The van der Waals surface area contributed by atoms with E-state index in [1.54, 1.807) is 0 Å². The maximum Gasteiger partial charge on any atom is 0.256 e. The number of rotatable bonds is 5. The number of thioether (sulfide) groups is 1. The quantitative estimate of drug-likeness (QED) is 0.698. The fourth-order valence-corrected chi connectivity index (χ4v) is 2.96. The topological polar surface area (TPSA) is 55.1 Å². The zero-order valence-electron chi connectivity index (χ0n) is 13.1. The van der Waals surface area contributed by atoms with Crippen molar-refractivity contribution >= 4 is 34.5 Å². The molecule has 23 heavy (non-hydrogen) atoms. The van der Waals surface area contributed by atoms with Gasteiger partial charge in [0, 0.05) is 17.9 Å². The molecular weight excluding hydrogens is 308 g/mol. The molecule has 5 heteroatoms. The van der Waals surface area contributed by atoms with E-state index < -0.39 is 0 Å². The number of amides is 1. The van der Waals surface area contributed by atoms with Gasteiger partial charge in [-0.2, -0.15) is 0 Å². The minimum atomic E-state index is -0.00290. The summed E-state index contributed by atoms with van der Waals surface area (Å²) in [5, 5.41) is 3.52. The normalized spacial score (nSPS) is 10.9. The van der Waals surface area contributed by atoms with Crippen LogP contribution in [0.1, 0.15) is 17.5 Å². The molecule has 0 spiro atoms. The standard InChI is InChI=1S/C18H18N2O2S/c1-12-7-8-14(11-13(12)2)19-17(21)9-10-23-18-20-15-5-3-4-6-16(15)22-18/h3-8,11H,9-10H2,1-2H3,(H,19,21). The minimum Gasteiger partial charge on any atom is -0.431 e. The van der Waals surface area contributed by atoms with E-state index in [4.69, 9.17) is 4.42 Å². The van der Waals surface area contributed by atoms with Crippen molar-refractivity contribution in [3.63, 3.8) is 0 Å². The second-order valence-electron chi connectivity index (χ2n) is 5.39. The van der Waals surface area contributed by atoms with Crippen LogP contribution in [0.25, 0.3) is 11.1 Å².